The first-order valence-corrected chi connectivity index (χ1v) is 8.91. The number of carboxylic acid groups (broad SMARTS) is 1. The summed E-state index contributed by atoms with van der Waals surface area (Å²) in [6, 6.07) is 6.18. The fourth-order valence-corrected chi connectivity index (χ4v) is 2.49. The predicted molar refractivity (Wildman–Crippen MR) is 88.8 cm³/mol. The molecule has 3 N–H and O–H groups in total. The van der Waals surface area contributed by atoms with Gasteiger partial charge in [-0.15, -0.1) is 0 Å². The van der Waals surface area contributed by atoms with E-state index in [9.17, 15) is 18.0 Å². The smallest absolute Gasteiger partial charge is 0.304 e. The summed E-state index contributed by atoms with van der Waals surface area (Å²) in [7, 11) is -3.35. The molecule has 1 aromatic rings. The highest BCUT2D eigenvalue weighted by molar-refractivity contribution is 7.92. The van der Waals surface area contributed by atoms with Crippen molar-refractivity contribution >= 4 is 33.3 Å². The molecule has 7 nitrogen and oxygen atoms in total. The molecule has 1 unspecified atom stereocenters. The van der Waals surface area contributed by atoms with Crippen LogP contribution in [0.1, 0.15) is 33.6 Å². The van der Waals surface area contributed by atoms with Crippen LogP contribution in [-0.4, -0.2) is 31.2 Å². The summed E-state index contributed by atoms with van der Waals surface area (Å²) in [4.78, 5) is 23.2. The zero-order chi connectivity index (χ0) is 17.7. The number of aliphatic carboxylic acids is 1. The van der Waals surface area contributed by atoms with E-state index in [0.717, 1.165) is 0 Å². The van der Waals surface area contributed by atoms with Crippen LogP contribution in [0.2, 0.25) is 0 Å². The van der Waals surface area contributed by atoms with Crippen molar-refractivity contribution in [1.82, 2.24) is 0 Å². The summed E-state index contributed by atoms with van der Waals surface area (Å²) in [5.41, 5.74) is -0.137. The maximum atomic E-state index is 12.3. The Kier molecular flexibility index (Phi) is 6.14. The minimum absolute atomic E-state index is 0.0322. The Morgan fingerprint density at radius 1 is 1.13 bits per heavy atom. The number of nitrogens with one attached hydrogen (secondary N) is 2. The number of sulfonamides is 1. The molecule has 1 amide bonds. The maximum absolute atomic E-state index is 12.3. The lowest BCUT2D eigenvalue weighted by Gasteiger charge is -2.25. The first-order valence-electron chi connectivity index (χ1n) is 7.25. The molecule has 0 saturated heterocycles. The molecule has 0 radical (unpaired) electrons. The van der Waals surface area contributed by atoms with Crippen molar-refractivity contribution in [2.45, 2.75) is 33.6 Å². The van der Waals surface area contributed by atoms with Gasteiger partial charge in [0.05, 0.1) is 17.6 Å². The first kappa shape index (κ1) is 19.0. The summed E-state index contributed by atoms with van der Waals surface area (Å²) in [5.74, 6) is -1.45. The monoisotopic (exact) mass is 342 g/mol. The van der Waals surface area contributed by atoms with Gasteiger partial charge in [-0.25, -0.2) is 8.42 Å². The second kappa shape index (κ2) is 7.45. The fourth-order valence-electron chi connectivity index (χ4n) is 1.85. The van der Waals surface area contributed by atoms with Gasteiger partial charge in [0, 0.05) is 11.4 Å². The number of rotatable bonds is 8. The zero-order valence-electron chi connectivity index (χ0n) is 13.4. The van der Waals surface area contributed by atoms with Crippen LogP contribution in [0.3, 0.4) is 0 Å². The number of carbonyl (C=O) groups excluding carboxylic acids is 1. The molecule has 0 aliphatic rings. The van der Waals surface area contributed by atoms with Gasteiger partial charge in [-0.3, -0.25) is 14.3 Å². The molecule has 0 heterocycles. The number of carboxylic acids is 1. The Morgan fingerprint density at radius 2 is 1.65 bits per heavy atom. The third kappa shape index (κ3) is 5.55. The van der Waals surface area contributed by atoms with Crippen LogP contribution in [0, 0.1) is 5.41 Å². The predicted octanol–water partition coefficient (Wildman–Crippen LogP) is 2.28. The minimum atomic E-state index is -3.35. The zero-order valence-corrected chi connectivity index (χ0v) is 14.2. The van der Waals surface area contributed by atoms with Crippen molar-refractivity contribution < 1.29 is 23.1 Å². The van der Waals surface area contributed by atoms with E-state index in [1.807, 2.05) is 0 Å². The number of carbonyl (C=O) groups is 2. The molecule has 0 aliphatic carbocycles. The van der Waals surface area contributed by atoms with Crippen molar-refractivity contribution in [3.63, 3.8) is 0 Å². The molecule has 128 valence electrons. The van der Waals surface area contributed by atoms with Crippen molar-refractivity contribution in [3.8, 4) is 0 Å². The summed E-state index contributed by atoms with van der Waals surface area (Å²) in [6.07, 6.45) is 0.128. The van der Waals surface area contributed by atoms with Gasteiger partial charge in [-0.1, -0.05) is 13.8 Å². The third-order valence-electron chi connectivity index (χ3n) is 3.67. The average molecular weight is 342 g/mol. The fraction of sp³-hybridized carbons (Fsp3) is 0.467. The number of hydrogen-bond acceptors (Lipinski definition) is 4. The minimum Gasteiger partial charge on any atom is -0.481 e. The lowest BCUT2D eigenvalue weighted by atomic mass is 9.83. The molecule has 0 aliphatic heterocycles. The van der Waals surface area contributed by atoms with Crippen molar-refractivity contribution in [3.05, 3.63) is 24.3 Å². The number of amides is 1. The summed E-state index contributed by atoms with van der Waals surface area (Å²) >= 11 is 0. The Bertz CT molecular complexity index is 670. The molecular formula is C15H22N2O5S. The Labute approximate surface area is 136 Å². The second-order valence-corrected chi connectivity index (χ2v) is 7.53. The van der Waals surface area contributed by atoms with Gasteiger partial charge in [0.2, 0.25) is 15.9 Å². The van der Waals surface area contributed by atoms with E-state index in [1.54, 1.807) is 26.0 Å². The van der Waals surface area contributed by atoms with Gasteiger partial charge in [0.1, 0.15) is 0 Å². The Hall–Kier alpha value is -2.09. The van der Waals surface area contributed by atoms with E-state index in [4.69, 9.17) is 5.11 Å². The SMILES string of the molecule is CCC(C)(CC(=O)O)C(=O)Nc1ccc(NS(=O)(=O)CC)cc1. The summed E-state index contributed by atoms with van der Waals surface area (Å²) in [5, 5.41) is 11.6. The topological polar surface area (TPSA) is 113 Å². The highest BCUT2D eigenvalue weighted by atomic mass is 32.2. The van der Waals surface area contributed by atoms with E-state index in [-0.39, 0.29) is 18.1 Å². The van der Waals surface area contributed by atoms with Crippen molar-refractivity contribution in [2.75, 3.05) is 15.8 Å². The molecule has 0 bridgehead atoms. The van der Waals surface area contributed by atoms with Crippen LogP contribution in [0.5, 0.6) is 0 Å². The Balaban J connectivity index is 2.82. The Morgan fingerprint density at radius 3 is 2.09 bits per heavy atom. The number of benzene rings is 1. The third-order valence-corrected chi connectivity index (χ3v) is 4.97. The van der Waals surface area contributed by atoms with Crippen LogP contribution in [0.25, 0.3) is 0 Å². The molecular weight excluding hydrogens is 320 g/mol. The standard InChI is InChI=1S/C15H22N2O5S/c1-4-15(3,10-13(18)19)14(20)16-11-6-8-12(9-7-11)17-23(21,22)5-2/h6-9,17H,4-5,10H2,1-3H3,(H,16,20)(H,18,19). The van der Waals surface area contributed by atoms with Gasteiger partial charge in [0.15, 0.2) is 0 Å². The van der Waals surface area contributed by atoms with E-state index in [1.165, 1.54) is 19.1 Å². The molecule has 23 heavy (non-hydrogen) atoms. The quantitative estimate of drug-likeness (QED) is 0.671. The summed E-state index contributed by atoms with van der Waals surface area (Å²) in [6.45, 7) is 4.89. The molecule has 0 fully saturated rings. The largest absolute Gasteiger partial charge is 0.481 e. The molecule has 1 aromatic carbocycles. The van der Waals surface area contributed by atoms with Gasteiger partial charge < -0.3 is 10.4 Å². The maximum Gasteiger partial charge on any atom is 0.304 e. The van der Waals surface area contributed by atoms with Crippen molar-refractivity contribution in [2.24, 2.45) is 5.41 Å². The van der Waals surface area contributed by atoms with E-state index >= 15 is 0 Å². The molecule has 0 saturated carbocycles. The summed E-state index contributed by atoms with van der Waals surface area (Å²) < 4.78 is 25.3. The molecule has 1 rings (SSSR count). The number of hydrogen-bond donors (Lipinski definition) is 3. The highest BCUT2D eigenvalue weighted by Crippen LogP contribution is 2.28. The lowest BCUT2D eigenvalue weighted by Crippen LogP contribution is -2.35. The molecule has 1 atom stereocenters. The number of anilines is 2. The van der Waals surface area contributed by atoms with E-state index < -0.39 is 21.4 Å². The van der Waals surface area contributed by atoms with Crippen LogP contribution in [0.15, 0.2) is 24.3 Å². The van der Waals surface area contributed by atoms with Crippen LogP contribution >= 0.6 is 0 Å². The van der Waals surface area contributed by atoms with Gasteiger partial charge in [-0.05, 0) is 37.6 Å². The lowest BCUT2D eigenvalue weighted by molar-refractivity contribution is -0.143. The van der Waals surface area contributed by atoms with E-state index in [0.29, 0.717) is 17.8 Å². The molecule has 0 aromatic heterocycles. The highest BCUT2D eigenvalue weighted by Gasteiger charge is 2.33. The van der Waals surface area contributed by atoms with Crippen LogP contribution in [-0.2, 0) is 19.6 Å². The van der Waals surface area contributed by atoms with Crippen LogP contribution < -0.4 is 10.0 Å². The van der Waals surface area contributed by atoms with Gasteiger partial charge in [0.25, 0.3) is 0 Å². The normalized spacial score (nSPS) is 13.9. The van der Waals surface area contributed by atoms with Crippen molar-refractivity contribution in [1.29, 1.82) is 0 Å². The first-order chi connectivity index (χ1) is 10.6. The van der Waals surface area contributed by atoms with E-state index in [2.05, 4.69) is 10.0 Å². The molecule has 0 spiro atoms. The van der Waals surface area contributed by atoms with Gasteiger partial charge in [-0.2, -0.15) is 0 Å². The second-order valence-electron chi connectivity index (χ2n) is 5.52. The average Bonchev–Trinajstić information content (AvgIpc) is 2.48. The van der Waals surface area contributed by atoms with Gasteiger partial charge >= 0.3 is 5.97 Å². The van der Waals surface area contributed by atoms with Crippen LogP contribution in [0.4, 0.5) is 11.4 Å². The molecule has 8 heteroatoms.